The Hall–Kier alpha value is -0.880. The lowest BCUT2D eigenvalue weighted by atomic mass is 10.3. The van der Waals surface area contributed by atoms with E-state index >= 15 is 0 Å². The van der Waals surface area contributed by atoms with E-state index in [9.17, 15) is 13.2 Å². The highest BCUT2D eigenvalue weighted by molar-refractivity contribution is 7.90. The van der Waals surface area contributed by atoms with E-state index in [4.69, 9.17) is 4.74 Å². The summed E-state index contributed by atoms with van der Waals surface area (Å²) in [4.78, 5) is 11.5. The molecule has 0 radical (unpaired) electrons. The molecule has 5 nitrogen and oxygen atoms in total. The molecular weight excluding hydrogens is 242 g/mol. The van der Waals surface area contributed by atoms with Crippen LogP contribution in [-0.4, -0.2) is 45.6 Å². The van der Waals surface area contributed by atoms with Crippen LogP contribution in [0.5, 0.6) is 0 Å². The van der Waals surface area contributed by atoms with Gasteiger partial charge in [0, 0.05) is 12.8 Å². The van der Waals surface area contributed by atoms with Crippen LogP contribution in [0.4, 0.5) is 0 Å². The molecule has 0 fully saturated rings. The van der Waals surface area contributed by atoms with E-state index in [1.165, 1.54) is 6.26 Å². The van der Waals surface area contributed by atoms with Crippen molar-refractivity contribution in [1.29, 1.82) is 0 Å². The summed E-state index contributed by atoms with van der Waals surface area (Å²) in [7, 11) is -2.95. The molecule has 1 atom stereocenters. The first-order valence-corrected chi connectivity index (χ1v) is 7.61. The maximum absolute atomic E-state index is 11.5. The van der Waals surface area contributed by atoms with Crippen LogP contribution in [0.15, 0.2) is 12.7 Å². The molecule has 0 bridgehead atoms. The van der Waals surface area contributed by atoms with Crippen molar-refractivity contribution in [3.8, 4) is 0 Å². The van der Waals surface area contributed by atoms with Gasteiger partial charge in [0.2, 0.25) is 5.91 Å². The molecule has 100 valence electrons. The fourth-order valence-electron chi connectivity index (χ4n) is 1.09. The molecule has 0 aromatic rings. The Labute approximate surface area is 103 Å². The van der Waals surface area contributed by atoms with Crippen molar-refractivity contribution in [2.24, 2.45) is 0 Å². The van der Waals surface area contributed by atoms with Crippen LogP contribution >= 0.6 is 0 Å². The molecular formula is C11H21NO4S. The van der Waals surface area contributed by atoms with Crippen molar-refractivity contribution >= 4 is 15.7 Å². The Morgan fingerprint density at radius 3 is 2.71 bits per heavy atom. The van der Waals surface area contributed by atoms with E-state index in [2.05, 4.69) is 11.9 Å². The van der Waals surface area contributed by atoms with Gasteiger partial charge in [-0.05, 0) is 19.8 Å². The van der Waals surface area contributed by atoms with E-state index < -0.39 is 15.9 Å². The number of hydrogen-bond donors (Lipinski definition) is 1. The van der Waals surface area contributed by atoms with E-state index in [0.29, 0.717) is 26.0 Å². The third-order valence-electron chi connectivity index (χ3n) is 2.05. The SMILES string of the molecule is C=CCCOC(C)C(=O)NCCCS(C)(=O)=O. The lowest BCUT2D eigenvalue weighted by Crippen LogP contribution is -2.35. The molecule has 0 aromatic carbocycles. The summed E-state index contributed by atoms with van der Waals surface area (Å²) in [6.07, 6.45) is 3.50. The van der Waals surface area contributed by atoms with Crippen LogP contribution in [0.3, 0.4) is 0 Å². The fourth-order valence-corrected chi connectivity index (χ4v) is 1.76. The van der Waals surface area contributed by atoms with Crippen molar-refractivity contribution in [3.05, 3.63) is 12.7 Å². The van der Waals surface area contributed by atoms with Crippen molar-refractivity contribution in [3.63, 3.8) is 0 Å². The Kier molecular flexibility index (Phi) is 7.82. The van der Waals surface area contributed by atoms with Crippen molar-refractivity contribution < 1.29 is 17.9 Å². The van der Waals surface area contributed by atoms with E-state index in [1.54, 1.807) is 13.0 Å². The minimum atomic E-state index is -2.95. The molecule has 0 aliphatic rings. The second-order valence-corrected chi connectivity index (χ2v) is 6.12. The van der Waals surface area contributed by atoms with Crippen molar-refractivity contribution in [2.75, 3.05) is 25.2 Å². The Morgan fingerprint density at radius 1 is 1.53 bits per heavy atom. The van der Waals surface area contributed by atoms with Crippen molar-refractivity contribution in [1.82, 2.24) is 5.32 Å². The minimum Gasteiger partial charge on any atom is -0.368 e. The lowest BCUT2D eigenvalue weighted by molar-refractivity contribution is -0.131. The summed E-state index contributed by atoms with van der Waals surface area (Å²) in [6, 6.07) is 0. The fraction of sp³-hybridized carbons (Fsp3) is 0.727. The summed E-state index contributed by atoms with van der Waals surface area (Å²) in [5, 5.41) is 2.63. The van der Waals surface area contributed by atoms with E-state index in [1.807, 2.05) is 0 Å². The molecule has 0 spiro atoms. The van der Waals surface area contributed by atoms with Gasteiger partial charge in [-0.1, -0.05) is 6.08 Å². The van der Waals surface area contributed by atoms with Crippen LogP contribution in [-0.2, 0) is 19.4 Å². The molecule has 0 rings (SSSR count). The van der Waals surface area contributed by atoms with Gasteiger partial charge in [-0.3, -0.25) is 4.79 Å². The zero-order chi connectivity index (χ0) is 13.3. The third-order valence-corrected chi connectivity index (χ3v) is 3.08. The number of hydrogen-bond acceptors (Lipinski definition) is 4. The Morgan fingerprint density at radius 2 is 2.18 bits per heavy atom. The Bertz CT molecular complexity index is 337. The predicted molar refractivity (Wildman–Crippen MR) is 67.6 cm³/mol. The van der Waals surface area contributed by atoms with Gasteiger partial charge in [0.1, 0.15) is 15.9 Å². The molecule has 0 aliphatic heterocycles. The summed E-state index contributed by atoms with van der Waals surface area (Å²) >= 11 is 0. The minimum absolute atomic E-state index is 0.0823. The second-order valence-electron chi connectivity index (χ2n) is 3.86. The van der Waals surface area contributed by atoms with Crippen LogP contribution in [0.25, 0.3) is 0 Å². The van der Waals surface area contributed by atoms with Gasteiger partial charge in [0.25, 0.3) is 0 Å². The zero-order valence-corrected chi connectivity index (χ0v) is 11.3. The van der Waals surface area contributed by atoms with E-state index in [0.717, 1.165) is 0 Å². The number of ether oxygens (including phenoxy) is 1. The van der Waals surface area contributed by atoms with Gasteiger partial charge in [-0.15, -0.1) is 6.58 Å². The number of nitrogens with one attached hydrogen (secondary N) is 1. The smallest absolute Gasteiger partial charge is 0.248 e. The number of carbonyl (C=O) groups is 1. The first-order chi connectivity index (χ1) is 7.87. The molecule has 1 N–H and O–H groups in total. The van der Waals surface area contributed by atoms with Crippen LogP contribution < -0.4 is 5.32 Å². The van der Waals surface area contributed by atoms with Crippen molar-refractivity contribution in [2.45, 2.75) is 25.9 Å². The molecule has 0 saturated heterocycles. The second kappa shape index (κ2) is 8.25. The van der Waals surface area contributed by atoms with Gasteiger partial charge in [0.15, 0.2) is 0 Å². The maximum atomic E-state index is 11.5. The molecule has 0 aliphatic carbocycles. The molecule has 0 saturated carbocycles. The quantitative estimate of drug-likeness (QED) is 0.486. The highest BCUT2D eigenvalue weighted by atomic mass is 32.2. The van der Waals surface area contributed by atoms with Crippen LogP contribution in [0.2, 0.25) is 0 Å². The first-order valence-electron chi connectivity index (χ1n) is 5.54. The molecule has 0 heterocycles. The summed E-state index contributed by atoms with van der Waals surface area (Å²) in [5.74, 6) is -0.138. The van der Waals surface area contributed by atoms with Crippen LogP contribution in [0.1, 0.15) is 19.8 Å². The highest BCUT2D eigenvalue weighted by Gasteiger charge is 2.12. The molecule has 0 aromatic heterocycles. The number of sulfone groups is 1. The summed E-state index contributed by atoms with van der Waals surface area (Å²) < 4.78 is 26.9. The van der Waals surface area contributed by atoms with Gasteiger partial charge in [-0.2, -0.15) is 0 Å². The number of rotatable bonds is 9. The first kappa shape index (κ1) is 16.1. The topological polar surface area (TPSA) is 72.5 Å². The predicted octanol–water partition coefficient (Wildman–Crippen LogP) is 0.518. The van der Waals surface area contributed by atoms with Gasteiger partial charge >= 0.3 is 0 Å². The standard InChI is InChI=1S/C11H21NO4S/c1-4-5-8-16-10(2)11(13)12-7-6-9-17(3,14)15/h4,10H,1,5-9H2,2-3H3,(H,12,13). The largest absolute Gasteiger partial charge is 0.368 e. The van der Waals surface area contributed by atoms with Gasteiger partial charge in [0.05, 0.1) is 12.4 Å². The van der Waals surface area contributed by atoms with E-state index in [-0.39, 0.29) is 11.7 Å². The highest BCUT2D eigenvalue weighted by Crippen LogP contribution is 1.94. The third kappa shape index (κ3) is 10.0. The average molecular weight is 263 g/mol. The monoisotopic (exact) mass is 263 g/mol. The molecule has 6 heteroatoms. The summed E-state index contributed by atoms with van der Waals surface area (Å²) in [5.41, 5.74) is 0. The zero-order valence-electron chi connectivity index (χ0n) is 10.4. The average Bonchev–Trinajstić information content (AvgIpc) is 2.23. The maximum Gasteiger partial charge on any atom is 0.248 e. The van der Waals surface area contributed by atoms with Gasteiger partial charge in [-0.25, -0.2) is 8.42 Å². The normalized spacial score (nSPS) is 13.1. The Balaban J connectivity index is 3.67. The number of amides is 1. The summed E-state index contributed by atoms with van der Waals surface area (Å²) in [6.45, 7) is 6.02. The molecule has 1 amide bonds. The van der Waals surface area contributed by atoms with Gasteiger partial charge < -0.3 is 10.1 Å². The molecule has 1 unspecified atom stereocenters. The van der Waals surface area contributed by atoms with Crippen LogP contribution in [0, 0.1) is 0 Å². The number of carbonyl (C=O) groups excluding carboxylic acids is 1. The molecule has 17 heavy (non-hydrogen) atoms. The lowest BCUT2D eigenvalue weighted by Gasteiger charge is -2.12.